The van der Waals surface area contributed by atoms with Crippen molar-refractivity contribution in [2.45, 2.75) is 103 Å². The van der Waals surface area contributed by atoms with Crippen molar-refractivity contribution in [2.24, 2.45) is 0 Å². The summed E-state index contributed by atoms with van der Waals surface area (Å²) < 4.78 is 11.0. The van der Waals surface area contributed by atoms with E-state index in [0.717, 1.165) is 23.6 Å². The predicted octanol–water partition coefficient (Wildman–Crippen LogP) is 8.88. The van der Waals surface area contributed by atoms with E-state index in [-0.39, 0.29) is 5.97 Å². The van der Waals surface area contributed by atoms with Crippen molar-refractivity contribution in [1.82, 2.24) is 0 Å². The van der Waals surface area contributed by atoms with Gasteiger partial charge in [-0.1, -0.05) is 127 Å². The Morgan fingerprint density at radius 1 is 0.688 bits per heavy atom. The van der Waals surface area contributed by atoms with Crippen molar-refractivity contribution >= 4 is 16.7 Å². The Kier molecular flexibility index (Phi) is 13.6. The van der Waals surface area contributed by atoms with Gasteiger partial charge in [-0.3, -0.25) is 0 Å². The second kappa shape index (κ2) is 16.6. The Labute approximate surface area is 195 Å². The molecule has 0 atom stereocenters. The molecule has 2 rings (SSSR count). The maximum Gasteiger partial charge on any atom is 0.342 e. The molecule has 2 aromatic rings. The van der Waals surface area contributed by atoms with E-state index >= 15 is 0 Å². The van der Waals surface area contributed by atoms with E-state index in [1.807, 2.05) is 36.4 Å². The van der Waals surface area contributed by atoms with Crippen molar-refractivity contribution < 1.29 is 14.3 Å². The molecule has 0 spiro atoms. The van der Waals surface area contributed by atoms with Gasteiger partial charge in [0.2, 0.25) is 0 Å². The lowest BCUT2D eigenvalue weighted by Crippen LogP contribution is -2.09. The van der Waals surface area contributed by atoms with E-state index in [1.54, 1.807) is 7.11 Å². The largest absolute Gasteiger partial charge is 0.496 e. The van der Waals surface area contributed by atoms with E-state index in [9.17, 15) is 4.79 Å². The molecule has 0 unspecified atom stereocenters. The molecule has 0 aliphatic rings. The number of unbranched alkanes of at least 4 members (excludes halogenated alkanes) is 14. The summed E-state index contributed by atoms with van der Waals surface area (Å²) in [6.07, 6.45) is 19.9. The molecule has 0 aliphatic heterocycles. The summed E-state index contributed by atoms with van der Waals surface area (Å²) >= 11 is 0. The number of carbonyl (C=O) groups excluding carboxylic acids is 1. The van der Waals surface area contributed by atoms with Crippen LogP contribution >= 0.6 is 0 Å². The molecule has 0 amide bonds. The molecule has 0 heterocycles. The van der Waals surface area contributed by atoms with Gasteiger partial charge in [0.15, 0.2) is 0 Å². The molecule has 0 aromatic heterocycles. The van der Waals surface area contributed by atoms with E-state index in [4.69, 9.17) is 9.47 Å². The van der Waals surface area contributed by atoms with Crippen LogP contribution in [0.3, 0.4) is 0 Å². The van der Waals surface area contributed by atoms with Crippen molar-refractivity contribution in [3.05, 3.63) is 42.0 Å². The van der Waals surface area contributed by atoms with E-state index in [1.165, 1.54) is 83.5 Å². The van der Waals surface area contributed by atoms with Gasteiger partial charge in [-0.15, -0.1) is 0 Å². The monoisotopic (exact) mass is 440 g/mol. The molecule has 0 N–H and O–H groups in total. The molecule has 0 saturated carbocycles. The van der Waals surface area contributed by atoms with Gasteiger partial charge in [-0.25, -0.2) is 4.79 Å². The quantitative estimate of drug-likeness (QED) is 0.171. The maximum absolute atomic E-state index is 12.7. The summed E-state index contributed by atoms with van der Waals surface area (Å²) in [4.78, 5) is 12.7. The minimum atomic E-state index is -0.288. The van der Waals surface area contributed by atoms with Crippen LogP contribution in [0.25, 0.3) is 10.8 Å². The minimum absolute atomic E-state index is 0.288. The third kappa shape index (κ3) is 9.63. The number of esters is 1. The molecule has 0 aliphatic carbocycles. The predicted molar refractivity (Wildman–Crippen MR) is 136 cm³/mol. The number of hydrogen-bond donors (Lipinski definition) is 0. The van der Waals surface area contributed by atoms with Gasteiger partial charge in [-0.2, -0.15) is 0 Å². The second-order valence-corrected chi connectivity index (χ2v) is 8.95. The molecule has 0 fully saturated rings. The number of carbonyl (C=O) groups is 1. The highest BCUT2D eigenvalue weighted by Crippen LogP contribution is 2.28. The average molecular weight is 441 g/mol. The molecule has 3 heteroatoms. The first-order valence-corrected chi connectivity index (χ1v) is 13.0. The van der Waals surface area contributed by atoms with E-state index in [2.05, 4.69) is 6.92 Å². The Bertz CT molecular complexity index is 768. The molecule has 0 saturated heterocycles. The molecule has 3 nitrogen and oxygen atoms in total. The van der Waals surface area contributed by atoms with Crippen molar-refractivity contribution in [3.63, 3.8) is 0 Å². The van der Waals surface area contributed by atoms with Gasteiger partial charge in [0.1, 0.15) is 11.3 Å². The number of rotatable bonds is 18. The highest BCUT2D eigenvalue weighted by Gasteiger charge is 2.17. The summed E-state index contributed by atoms with van der Waals surface area (Å²) in [7, 11) is 1.59. The van der Waals surface area contributed by atoms with Crippen LogP contribution in [0.4, 0.5) is 0 Å². The lowest BCUT2D eigenvalue weighted by Gasteiger charge is -2.12. The normalized spacial score (nSPS) is 11.1. The van der Waals surface area contributed by atoms with Crippen molar-refractivity contribution in [2.75, 3.05) is 13.7 Å². The van der Waals surface area contributed by atoms with E-state index in [0.29, 0.717) is 17.9 Å². The molecule has 32 heavy (non-hydrogen) atoms. The van der Waals surface area contributed by atoms with Crippen LogP contribution in [0, 0.1) is 0 Å². The van der Waals surface area contributed by atoms with Crippen LogP contribution in [0.15, 0.2) is 36.4 Å². The SMILES string of the molecule is CCCCCCCCCCCCCCCCCOC(=O)c1c(OC)ccc2ccccc12. The molecule has 2 aromatic carbocycles. The van der Waals surface area contributed by atoms with E-state index < -0.39 is 0 Å². The summed E-state index contributed by atoms with van der Waals surface area (Å²) in [5, 5.41) is 1.90. The number of hydrogen-bond acceptors (Lipinski definition) is 3. The first kappa shape index (κ1) is 26.2. The minimum Gasteiger partial charge on any atom is -0.496 e. The fourth-order valence-corrected chi connectivity index (χ4v) is 4.34. The van der Waals surface area contributed by atoms with Gasteiger partial charge >= 0.3 is 5.97 Å². The van der Waals surface area contributed by atoms with Crippen LogP contribution < -0.4 is 4.74 Å². The summed E-state index contributed by atoms with van der Waals surface area (Å²) in [6.45, 7) is 2.75. The number of benzene rings is 2. The number of fused-ring (bicyclic) bond motifs is 1. The third-order valence-corrected chi connectivity index (χ3v) is 6.30. The standard InChI is InChI=1S/C29H44O3/c1-3-4-5-6-7-8-9-10-11-12-13-14-15-16-19-24-32-29(30)28-26-21-18-17-20-25(26)22-23-27(28)31-2/h17-18,20-23H,3-16,19,24H2,1-2H3. The fourth-order valence-electron chi connectivity index (χ4n) is 4.34. The number of ether oxygens (including phenoxy) is 2. The molecular formula is C29H44O3. The fraction of sp³-hybridized carbons (Fsp3) is 0.621. The lowest BCUT2D eigenvalue weighted by atomic mass is 10.0. The lowest BCUT2D eigenvalue weighted by molar-refractivity contribution is 0.0496. The highest BCUT2D eigenvalue weighted by molar-refractivity contribution is 6.07. The van der Waals surface area contributed by atoms with Crippen molar-refractivity contribution in [1.29, 1.82) is 0 Å². The first-order valence-electron chi connectivity index (χ1n) is 13.0. The molecule has 0 radical (unpaired) electrons. The van der Waals surface area contributed by atoms with Gasteiger partial charge in [0.25, 0.3) is 0 Å². The van der Waals surface area contributed by atoms with Crippen molar-refractivity contribution in [3.8, 4) is 5.75 Å². The maximum atomic E-state index is 12.7. The molecule has 178 valence electrons. The number of methoxy groups -OCH3 is 1. The Morgan fingerprint density at radius 2 is 1.22 bits per heavy atom. The Hall–Kier alpha value is -2.03. The van der Waals surface area contributed by atoms with Gasteiger partial charge in [0, 0.05) is 0 Å². The average Bonchev–Trinajstić information content (AvgIpc) is 2.82. The summed E-state index contributed by atoms with van der Waals surface area (Å²) in [6, 6.07) is 11.7. The van der Waals surface area contributed by atoms with Crippen LogP contribution in [0.2, 0.25) is 0 Å². The molecular weight excluding hydrogens is 396 g/mol. The zero-order chi connectivity index (χ0) is 22.9. The first-order chi connectivity index (χ1) is 15.8. The molecule has 0 bridgehead atoms. The van der Waals surface area contributed by atoms with Crippen LogP contribution in [-0.2, 0) is 4.74 Å². The zero-order valence-electron chi connectivity index (χ0n) is 20.5. The van der Waals surface area contributed by atoms with Gasteiger partial charge in [-0.05, 0) is 23.3 Å². The van der Waals surface area contributed by atoms with Gasteiger partial charge in [0.05, 0.1) is 13.7 Å². The Balaban J connectivity index is 1.50. The third-order valence-electron chi connectivity index (χ3n) is 6.30. The second-order valence-electron chi connectivity index (χ2n) is 8.95. The van der Waals surface area contributed by atoms with Crippen LogP contribution in [0.1, 0.15) is 114 Å². The smallest absolute Gasteiger partial charge is 0.342 e. The highest BCUT2D eigenvalue weighted by atomic mass is 16.5. The van der Waals surface area contributed by atoms with Crippen LogP contribution in [0.5, 0.6) is 5.75 Å². The topological polar surface area (TPSA) is 35.5 Å². The summed E-state index contributed by atoms with van der Waals surface area (Å²) in [5.41, 5.74) is 0.534. The van der Waals surface area contributed by atoms with Crippen LogP contribution in [-0.4, -0.2) is 19.7 Å². The Morgan fingerprint density at radius 3 is 1.78 bits per heavy atom. The van der Waals surface area contributed by atoms with Gasteiger partial charge < -0.3 is 9.47 Å². The zero-order valence-corrected chi connectivity index (χ0v) is 20.5. The summed E-state index contributed by atoms with van der Waals surface area (Å²) in [5.74, 6) is 0.286.